The van der Waals surface area contributed by atoms with Crippen LogP contribution in [0.2, 0.25) is 0 Å². The summed E-state index contributed by atoms with van der Waals surface area (Å²) in [6.45, 7) is 8.31. The molecule has 0 spiro atoms. The predicted molar refractivity (Wildman–Crippen MR) is 66.2 cm³/mol. The quantitative estimate of drug-likeness (QED) is 0.836. The standard InChI is InChI=1S/C11H19N3OS/c1-6(2)10(12)11(15)13-5-9-7(3)14-8(4)16-9/h6,10H,5,12H2,1-4H3,(H,13,15)/t10-/m0/s1. The fourth-order valence-electron chi connectivity index (χ4n) is 1.33. The second-order valence-electron chi connectivity index (χ2n) is 4.23. The molecule has 1 aromatic rings. The van der Waals surface area contributed by atoms with Crippen molar-refractivity contribution >= 4 is 17.2 Å². The van der Waals surface area contributed by atoms with E-state index >= 15 is 0 Å². The van der Waals surface area contributed by atoms with E-state index in [9.17, 15) is 4.79 Å². The molecule has 90 valence electrons. The van der Waals surface area contributed by atoms with Crippen LogP contribution in [0.3, 0.4) is 0 Å². The number of hydrogen-bond donors (Lipinski definition) is 2. The third kappa shape index (κ3) is 3.28. The fraction of sp³-hybridized carbons (Fsp3) is 0.636. The minimum absolute atomic E-state index is 0.0968. The van der Waals surface area contributed by atoms with Gasteiger partial charge in [-0.3, -0.25) is 4.79 Å². The number of hydrogen-bond acceptors (Lipinski definition) is 4. The molecule has 0 unspecified atom stereocenters. The van der Waals surface area contributed by atoms with E-state index in [0.717, 1.165) is 15.6 Å². The molecule has 1 amide bonds. The highest BCUT2D eigenvalue weighted by atomic mass is 32.1. The molecule has 0 aliphatic carbocycles. The SMILES string of the molecule is Cc1nc(C)c(CNC(=O)[C@@H](N)C(C)C)s1. The van der Waals surface area contributed by atoms with Gasteiger partial charge in [0.05, 0.1) is 23.3 Å². The van der Waals surface area contributed by atoms with Crippen molar-refractivity contribution in [1.82, 2.24) is 10.3 Å². The van der Waals surface area contributed by atoms with Crippen molar-refractivity contribution in [2.45, 2.75) is 40.3 Å². The third-order valence-corrected chi connectivity index (χ3v) is 3.52. The van der Waals surface area contributed by atoms with Gasteiger partial charge in [0, 0.05) is 4.88 Å². The summed E-state index contributed by atoms with van der Waals surface area (Å²) in [7, 11) is 0. The van der Waals surface area contributed by atoms with Gasteiger partial charge < -0.3 is 11.1 Å². The van der Waals surface area contributed by atoms with E-state index in [0.29, 0.717) is 6.54 Å². The Hall–Kier alpha value is -0.940. The number of nitrogens with two attached hydrogens (primary N) is 1. The van der Waals surface area contributed by atoms with Crippen molar-refractivity contribution in [1.29, 1.82) is 0 Å². The number of aryl methyl sites for hydroxylation is 2. The Bertz CT molecular complexity index is 373. The zero-order valence-electron chi connectivity index (χ0n) is 10.2. The Labute approximate surface area is 100 Å². The first kappa shape index (κ1) is 13.1. The number of nitrogens with one attached hydrogen (secondary N) is 1. The van der Waals surface area contributed by atoms with Crippen LogP contribution in [0, 0.1) is 19.8 Å². The molecular formula is C11H19N3OS. The summed E-state index contributed by atoms with van der Waals surface area (Å²) in [5, 5.41) is 3.86. The van der Waals surface area contributed by atoms with E-state index in [1.165, 1.54) is 0 Å². The Morgan fingerprint density at radius 1 is 1.50 bits per heavy atom. The van der Waals surface area contributed by atoms with Crippen molar-refractivity contribution in [2.24, 2.45) is 11.7 Å². The van der Waals surface area contributed by atoms with Gasteiger partial charge in [-0.15, -0.1) is 11.3 Å². The van der Waals surface area contributed by atoms with Crippen molar-refractivity contribution < 1.29 is 4.79 Å². The van der Waals surface area contributed by atoms with Crippen LogP contribution in [0.25, 0.3) is 0 Å². The monoisotopic (exact) mass is 241 g/mol. The van der Waals surface area contributed by atoms with Crippen LogP contribution in [0.4, 0.5) is 0 Å². The summed E-state index contributed by atoms with van der Waals surface area (Å²) >= 11 is 1.61. The topological polar surface area (TPSA) is 68.0 Å². The largest absolute Gasteiger partial charge is 0.350 e. The Balaban J connectivity index is 2.52. The summed E-state index contributed by atoms with van der Waals surface area (Å²) in [4.78, 5) is 17.0. The molecule has 0 radical (unpaired) electrons. The maximum absolute atomic E-state index is 11.6. The van der Waals surface area contributed by atoms with Crippen molar-refractivity contribution in [2.75, 3.05) is 0 Å². The first-order valence-electron chi connectivity index (χ1n) is 5.38. The average Bonchev–Trinajstić information content (AvgIpc) is 2.52. The Morgan fingerprint density at radius 3 is 2.56 bits per heavy atom. The number of amides is 1. The first-order chi connectivity index (χ1) is 7.41. The van der Waals surface area contributed by atoms with E-state index in [1.807, 2.05) is 27.7 Å². The maximum Gasteiger partial charge on any atom is 0.237 e. The van der Waals surface area contributed by atoms with E-state index in [2.05, 4.69) is 10.3 Å². The van der Waals surface area contributed by atoms with Gasteiger partial charge in [-0.2, -0.15) is 0 Å². The van der Waals surface area contributed by atoms with Gasteiger partial charge in [0.25, 0.3) is 0 Å². The van der Waals surface area contributed by atoms with Crippen LogP contribution in [0.15, 0.2) is 0 Å². The minimum atomic E-state index is -0.436. The minimum Gasteiger partial charge on any atom is -0.350 e. The third-order valence-electron chi connectivity index (χ3n) is 2.44. The second-order valence-corrected chi connectivity index (χ2v) is 5.52. The molecule has 1 aromatic heterocycles. The Kier molecular flexibility index (Phi) is 4.44. The van der Waals surface area contributed by atoms with Crippen LogP contribution in [-0.2, 0) is 11.3 Å². The molecule has 0 saturated carbocycles. The van der Waals surface area contributed by atoms with Gasteiger partial charge in [-0.25, -0.2) is 4.98 Å². The molecule has 16 heavy (non-hydrogen) atoms. The molecule has 0 fully saturated rings. The number of nitrogens with zero attached hydrogens (tertiary/aromatic N) is 1. The summed E-state index contributed by atoms with van der Waals surface area (Å²) in [5.41, 5.74) is 6.73. The molecule has 0 aromatic carbocycles. The highest BCUT2D eigenvalue weighted by molar-refractivity contribution is 7.11. The van der Waals surface area contributed by atoms with Crippen molar-refractivity contribution in [3.63, 3.8) is 0 Å². The number of carbonyl (C=O) groups excluding carboxylic acids is 1. The highest BCUT2D eigenvalue weighted by Crippen LogP contribution is 2.16. The van der Waals surface area contributed by atoms with Crippen LogP contribution in [0.5, 0.6) is 0 Å². The smallest absolute Gasteiger partial charge is 0.237 e. The molecule has 1 atom stereocenters. The summed E-state index contributed by atoms with van der Waals surface area (Å²) < 4.78 is 0. The van der Waals surface area contributed by atoms with Gasteiger partial charge in [-0.05, 0) is 19.8 Å². The van der Waals surface area contributed by atoms with Crippen LogP contribution in [-0.4, -0.2) is 16.9 Å². The molecule has 0 aliphatic rings. The van der Waals surface area contributed by atoms with Gasteiger partial charge >= 0.3 is 0 Å². The molecule has 3 N–H and O–H groups in total. The van der Waals surface area contributed by atoms with E-state index in [-0.39, 0.29) is 11.8 Å². The number of aromatic nitrogens is 1. The van der Waals surface area contributed by atoms with E-state index in [4.69, 9.17) is 5.73 Å². The molecule has 0 saturated heterocycles. The highest BCUT2D eigenvalue weighted by Gasteiger charge is 2.17. The average molecular weight is 241 g/mol. The molecule has 5 heteroatoms. The number of thiazole rings is 1. The lowest BCUT2D eigenvalue weighted by Crippen LogP contribution is -2.43. The van der Waals surface area contributed by atoms with Crippen LogP contribution in [0.1, 0.15) is 29.4 Å². The molecule has 1 heterocycles. The van der Waals surface area contributed by atoms with E-state index < -0.39 is 6.04 Å². The second kappa shape index (κ2) is 5.41. The molecular weight excluding hydrogens is 222 g/mol. The molecule has 4 nitrogen and oxygen atoms in total. The number of rotatable bonds is 4. The fourth-order valence-corrected chi connectivity index (χ4v) is 2.20. The summed E-state index contributed by atoms with van der Waals surface area (Å²) in [6.07, 6.45) is 0. The number of carbonyl (C=O) groups is 1. The lowest BCUT2D eigenvalue weighted by molar-refractivity contribution is -0.123. The molecule has 0 bridgehead atoms. The zero-order valence-corrected chi connectivity index (χ0v) is 11.0. The molecule has 0 aliphatic heterocycles. The van der Waals surface area contributed by atoms with Gasteiger partial charge in [-0.1, -0.05) is 13.8 Å². The lowest BCUT2D eigenvalue weighted by Gasteiger charge is -2.14. The van der Waals surface area contributed by atoms with Gasteiger partial charge in [0.1, 0.15) is 0 Å². The predicted octanol–water partition coefficient (Wildman–Crippen LogP) is 1.36. The summed E-state index contributed by atoms with van der Waals surface area (Å²) in [6, 6.07) is -0.436. The van der Waals surface area contributed by atoms with Gasteiger partial charge in [0.15, 0.2) is 0 Å². The van der Waals surface area contributed by atoms with Crippen LogP contribution < -0.4 is 11.1 Å². The summed E-state index contributed by atoms with van der Waals surface area (Å²) in [5.74, 6) is 0.0600. The van der Waals surface area contributed by atoms with Gasteiger partial charge in [0.2, 0.25) is 5.91 Å². The van der Waals surface area contributed by atoms with Crippen LogP contribution >= 0.6 is 11.3 Å². The first-order valence-corrected chi connectivity index (χ1v) is 6.19. The lowest BCUT2D eigenvalue weighted by atomic mass is 10.1. The van der Waals surface area contributed by atoms with Crippen molar-refractivity contribution in [3.8, 4) is 0 Å². The normalized spacial score (nSPS) is 12.9. The van der Waals surface area contributed by atoms with Crippen molar-refractivity contribution in [3.05, 3.63) is 15.6 Å². The zero-order chi connectivity index (χ0) is 12.3. The van der Waals surface area contributed by atoms with E-state index in [1.54, 1.807) is 11.3 Å². The maximum atomic E-state index is 11.6. The Morgan fingerprint density at radius 2 is 2.12 bits per heavy atom. The molecule has 1 rings (SSSR count).